The van der Waals surface area contributed by atoms with Crippen LogP contribution in [-0.2, 0) is 17.1 Å². The molecule has 0 aliphatic carbocycles. The van der Waals surface area contributed by atoms with Gasteiger partial charge in [-0.25, -0.2) is 18.5 Å². The molecule has 0 fully saturated rings. The number of hydrogen-bond acceptors (Lipinski definition) is 4. The second-order valence-electron chi connectivity index (χ2n) is 6.90. The number of benzene rings is 2. The SMILES string of the molecule is Cc1cc(-c2csc(=Nc3ccc(C(C)C)cc3)n2C)cc(S(N)(=O)=O)c1. The van der Waals surface area contributed by atoms with Gasteiger partial charge in [0.2, 0.25) is 10.0 Å². The van der Waals surface area contributed by atoms with Crippen molar-refractivity contribution in [3.8, 4) is 11.3 Å². The molecular weight excluding hydrogens is 378 g/mol. The number of thiazole rings is 1. The van der Waals surface area contributed by atoms with E-state index in [1.54, 1.807) is 12.1 Å². The number of rotatable bonds is 4. The van der Waals surface area contributed by atoms with Crippen LogP contribution in [0.5, 0.6) is 0 Å². The van der Waals surface area contributed by atoms with Gasteiger partial charge in [-0.1, -0.05) is 26.0 Å². The Labute approximate surface area is 163 Å². The summed E-state index contributed by atoms with van der Waals surface area (Å²) in [6.45, 7) is 6.18. The molecule has 5 nitrogen and oxygen atoms in total. The molecule has 0 unspecified atom stereocenters. The molecule has 0 bridgehead atoms. The smallest absolute Gasteiger partial charge is 0.238 e. The Morgan fingerprint density at radius 3 is 2.37 bits per heavy atom. The van der Waals surface area contributed by atoms with Crippen molar-refractivity contribution in [2.45, 2.75) is 31.6 Å². The second-order valence-corrected chi connectivity index (χ2v) is 9.30. The van der Waals surface area contributed by atoms with Crippen molar-refractivity contribution in [2.24, 2.45) is 17.2 Å². The summed E-state index contributed by atoms with van der Waals surface area (Å²) < 4.78 is 25.4. The van der Waals surface area contributed by atoms with Gasteiger partial charge in [0.1, 0.15) is 0 Å². The zero-order valence-electron chi connectivity index (χ0n) is 15.8. The minimum atomic E-state index is -3.75. The molecule has 27 heavy (non-hydrogen) atoms. The van der Waals surface area contributed by atoms with Gasteiger partial charge < -0.3 is 4.57 Å². The summed E-state index contributed by atoms with van der Waals surface area (Å²) in [6.07, 6.45) is 0. The van der Waals surface area contributed by atoms with E-state index in [9.17, 15) is 8.42 Å². The van der Waals surface area contributed by atoms with Crippen LogP contribution < -0.4 is 9.94 Å². The standard InChI is InChI=1S/C20H23N3O2S2/c1-13(2)15-5-7-17(8-6-15)22-20-23(4)19(12-26-20)16-9-14(3)10-18(11-16)27(21,24)25/h5-13H,1-4H3,(H2,21,24,25). The van der Waals surface area contributed by atoms with E-state index >= 15 is 0 Å². The Bertz CT molecular complexity index is 1140. The maximum Gasteiger partial charge on any atom is 0.238 e. The Morgan fingerprint density at radius 2 is 1.78 bits per heavy atom. The normalized spacial score (nSPS) is 12.7. The number of sulfonamides is 1. The molecule has 0 saturated carbocycles. The van der Waals surface area contributed by atoms with Crippen molar-refractivity contribution in [3.05, 3.63) is 63.8 Å². The molecule has 0 aliphatic rings. The van der Waals surface area contributed by atoms with E-state index in [4.69, 9.17) is 10.1 Å². The average molecular weight is 402 g/mol. The van der Waals surface area contributed by atoms with Crippen molar-refractivity contribution in [3.63, 3.8) is 0 Å². The van der Waals surface area contributed by atoms with Gasteiger partial charge in [-0.05, 0) is 54.3 Å². The first-order valence-corrected chi connectivity index (χ1v) is 11.0. The first kappa shape index (κ1) is 19.5. The highest BCUT2D eigenvalue weighted by Gasteiger charge is 2.13. The van der Waals surface area contributed by atoms with E-state index in [2.05, 4.69) is 26.0 Å². The summed E-state index contributed by atoms with van der Waals surface area (Å²) in [6, 6.07) is 13.3. The van der Waals surface area contributed by atoms with E-state index in [-0.39, 0.29) is 4.90 Å². The number of aromatic nitrogens is 1. The Balaban J connectivity index is 2.04. The van der Waals surface area contributed by atoms with Gasteiger partial charge in [0.25, 0.3) is 0 Å². The van der Waals surface area contributed by atoms with E-state index in [1.165, 1.54) is 16.9 Å². The van der Waals surface area contributed by atoms with Gasteiger partial charge in [0, 0.05) is 18.0 Å². The molecule has 0 atom stereocenters. The van der Waals surface area contributed by atoms with Gasteiger partial charge in [-0.3, -0.25) is 0 Å². The number of nitrogens with zero attached hydrogens (tertiary/aromatic N) is 2. The van der Waals surface area contributed by atoms with Crippen LogP contribution in [0.3, 0.4) is 0 Å². The number of nitrogens with two attached hydrogens (primary N) is 1. The zero-order chi connectivity index (χ0) is 19.8. The highest BCUT2D eigenvalue weighted by Crippen LogP contribution is 2.25. The molecule has 2 N–H and O–H groups in total. The maximum atomic E-state index is 11.7. The maximum absolute atomic E-state index is 11.7. The van der Waals surface area contributed by atoms with Gasteiger partial charge in [-0.15, -0.1) is 11.3 Å². The quantitative estimate of drug-likeness (QED) is 0.715. The zero-order valence-corrected chi connectivity index (χ0v) is 17.4. The number of aryl methyl sites for hydroxylation is 1. The van der Waals surface area contributed by atoms with Crippen LogP contribution in [0.2, 0.25) is 0 Å². The monoisotopic (exact) mass is 401 g/mol. The summed E-state index contributed by atoms with van der Waals surface area (Å²) in [5.41, 5.74) is 4.70. The van der Waals surface area contributed by atoms with E-state index in [0.29, 0.717) is 5.92 Å². The summed E-state index contributed by atoms with van der Waals surface area (Å²) in [5.74, 6) is 0.484. The van der Waals surface area contributed by atoms with Crippen LogP contribution in [0.1, 0.15) is 30.9 Å². The highest BCUT2D eigenvalue weighted by molar-refractivity contribution is 7.89. The molecule has 1 aromatic heterocycles. The van der Waals surface area contributed by atoms with Gasteiger partial charge >= 0.3 is 0 Å². The first-order chi connectivity index (χ1) is 12.6. The summed E-state index contributed by atoms with van der Waals surface area (Å²) in [7, 11) is -1.83. The minimum Gasteiger partial charge on any atom is -0.320 e. The van der Waals surface area contributed by atoms with E-state index < -0.39 is 10.0 Å². The van der Waals surface area contributed by atoms with Gasteiger partial charge in [0.05, 0.1) is 16.3 Å². The third-order valence-electron chi connectivity index (χ3n) is 4.38. The van der Waals surface area contributed by atoms with Crippen molar-refractivity contribution < 1.29 is 8.42 Å². The van der Waals surface area contributed by atoms with Gasteiger partial charge in [-0.2, -0.15) is 0 Å². The van der Waals surface area contributed by atoms with Crippen molar-refractivity contribution in [1.82, 2.24) is 4.57 Å². The Hall–Kier alpha value is -2.22. The van der Waals surface area contributed by atoms with Crippen LogP contribution in [0, 0.1) is 6.92 Å². The molecule has 1 heterocycles. The molecule has 142 valence electrons. The lowest BCUT2D eigenvalue weighted by Crippen LogP contribution is -2.13. The Kier molecular flexibility index (Phi) is 5.37. The lowest BCUT2D eigenvalue weighted by Gasteiger charge is -2.07. The summed E-state index contributed by atoms with van der Waals surface area (Å²) >= 11 is 1.51. The third-order valence-corrected chi connectivity index (χ3v) is 6.19. The fourth-order valence-electron chi connectivity index (χ4n) is 2.84. The van der Waals surface area contributed by atoms with Crippen LogP contribution in [0.4, 0.5) is 5.69 Å². The average Bonchev–Trinajstić information content (AvgIpc) is 2.95. The molecule has 3 rings (SSSR count). The van der Waals surface area contributed by atoms with Crippen LogP contribution in [0.25, 0.3) is 11.3 Å². The van der Waals surface area contributed by atoms with E-state index in [0.717, 1.165) is 27.3 Å². The number of primary sulfonamides is 1. The van der Waals surface area contributed by atoms with Crippen LogP contribution in [-0.4, -0.2) is 13.0 Å². The van der Waals surface area contributed by atoms with E-state index in [1.807, 2.05) is 42.1 Å². The molecule has 0 amide bonds. The first-order valence-electron chi connectivity index (χ1n) is 8.59. The van der Waals surface area contributed by atoms with Crippen LogP contribution in [0.15, 0.2) is 57.7 Å². The fraction of sp³-hybridized carbons (Fsp3) is 0.250. The predicted octanol–water partition coefficient (Wildman–Crippen LogP) is 4.07. The van der Waals surface area contributed by atoms with Crippen LogP contribution >= 0.6 is 11.3 Å². The van der Waals surface area contributed by atoms with Crippen molar-refractivity contribution in [2.75, 3.05) is 0 Å². The molecule has 7 heteroatoms. The molecule has 3 aromatic rings. The van der Waals surface area contributed by atoms with Gasteiger partial charge in [0.15, 0.2) is 4.80 Å². The number of hydrogen-bond donors (Lipinski definition) is 1. The lowest BCUT2D eigenvalue weighted by molar-refractivity contribution is 0.597. The molecule has 0 radical (unpaired) electrons. The summed E-state index contributed by atoms with van der Waals surface area (Å²) in [4.78, 5) is 5.67. The highest BCUT2D eigenvalue weighted by atomic mass is 32.2. The minimum absolute atomic E-state index is 0.117. The van der Waals surface area contributed by atoms with Crippen molar-refractivity contribution in [1.29, 1.82) is 0 Å². The largest absolute Gasteiger partial charge is 0.320 e. The third kappa shape index (κ3) is 4.37. The van der Waals surface area contributed by atoms with Crippen molar-refractivity contribution >= 4 is 27.0 Å². The second kappa shape index (κ2) is 7.42. The fourth-order valence-corrected chi connectivity index (χ4v) is 4.40. The molecule has 0 spiro atoms. The predicted molar refractivity (Wildman–Crippen MR) is 111 cm³/mol. The topological polar surface area (TPSA) is 77.5 Å². The summed E-state index contributed by atoms with van der Waals surface area (Å²) in [5, 5.41) is 7.28. The molecular formula is C20H23N3O2S2. The Morgan fingerprint density at radius 1 is 1.11 bits per heavy atom. The molecule has 2 aromatic carbocycles. The molecule has 0 aliphatic heterocycles. The lowest BCUT2D eigenvalue weighted by atomic mass is 10.0. The molecule has 0 saturated heterocycles.